The van der Waals surface area contributed by atoms with Crippen LogP contribution in [0, 0.1) is 5.82 Å². The van der Waals surface area contributed by atoms with Crippen LogP contribution in [0.2, 0.25) is 0 Å². The van der Waals surface area contributed by atoms with Crippen LogP contribution >= 0.6 is 35.7 Å². The van der Waals surface area contributed by atoms with E-state index < -0.39 is 10.8 Å². The average Bonchev–Trinajstić information content (AvgIpc) is 2.66. The van der Waals surface area contributed by atoms with Crippen molar-refractivity contribution in [3.8, 4) is 0 Å². The summed E-state index contributed by atoms with van der Waals surface area (Å²) in [6.07, 6.45) is 4.25. The lowest BCUT2D eigenvalue weighted by Crippen LogP contribution is -2.46. The quantitative estimate of drug-likeness (QED) is 0.175. The number of hydrogen-bond acceptors (Lipinski definition) is 3. The maximum absolute atomic E-state index is 12.9. The minimum absolute atomic E-state index is 0. The summed E-state index contributed by atoms with van der Waals surface area (Å²) in [6, 6.07) is 6.90. The summed E-state index contributed by atoms with van der Waals surface area (Å²) in [5, 5.41) is 7.12. The maximum Gasteiger partial charge on any atom is 0.191 e. The van der Waals surface area contributed by atoms with Crippen LogP contribution < -0.4 is 10.6 Å². The zero-order valence-corrected chi connectivity index (χ0v) is 20.0. The van der Waals surface area contributed by atoms with Crippen molar-refractivity contribution in [2.45, 2.75) is 55.7 Å². The van der Waals surface area contributed by atoms with Crippen LogP contribution in [-0.4, -0.2) is 46.1 Å². The number of guanidine groups is 1. The third-order valence-corrected chi connectivity index (χ3v) is 7.14. The molecule has 3 unspecified atom stereocenters. The van der Waals surface area contributed by atoms with Gasteiger partial charge >= 0.3 is 0 Å². The molecule has 0 heterocycles. The molecule has 1 aliphatic rings. The largest absolute Gasteiger partial charge is 0.357 e. The molecule has 2 N–H and O–H groups in total. The highest BCUT2D eigenvalue weighted by Crippen LogP contribution is 2.23. The third-order valence-electron chi connectivity index (χ3n) is 4.41. The van der Waals surface area contributed by atoms with Crippen LogP contribution in [-0.2, 0) is 10.8 Å². The van der Waals surface area contributed by atoms with E-state index >= 15 is 0 Å². The number of rotatable bonds is 8. The first-order valence-corrected chi connectivity index (χ1v) is 11.8. The first-order valence-electron chi connectivity index (χ1n) is 9.42. The van der Waals surface area contributed by atoms with Crippen molar-refractivity contribution in [3.05, 3.63) is 30.1 Å². The molecular weight excluding hydrogens is 496 g/mol. The first-order chi connectivity index (χ1) is 12.6. The van der Waals surface area contributed by atoms with Gasteiger partial charge in [0.05, 0.1) is 6.54 Å². The van der Waals surface area contributed by atoms with Crippen LogP contribution in [0.1, 0.15) is 39.5 Å². The fourth-order valence-corrected chi connectivity index (χ4v) is 5.21. The Hall–Kier alpha value is -0.350. The lowest BCUT2D eigenvalue weighted by atomic mass is 9.95. The number of benzene rings is 1. The number of thioether (sulfide) groups is 1. The van der Waals surface area contributed by atoms with Crippen LogP contribution in [0.25, 0.3) is 0 Å². The zero-order chi connectivity index (χ0) is 18.8. The van der Waals surface area contributed by atoms with Gasteiger partial charge in [-0.2, -0.15) is 0 Å². The van der Waals surface area contributed by atoms with Crippen molar-refractivity contribution in [3.63, 3.8) is 0 Å². The molecule has 1 aliphatic carbocycles. The highest BCUT2D eigenvalue weighted by atomic mass is 127. The van der Waals surface area contributed by atoms with Crippen molar-refractivity contribution in [1.82, 2.24) is 10.6 Å². The van der Waals surface area contributed by atoms with Gasteiger partial charge in [-0.15, -0.1) is 35.7 Å². The summed E-state index contributed by atoms with van der Waals surface area (Å²) in [5.74, 6) is 2.21. The summed E-state index contributed by atoms with van der Waals surface area (Å²) in [7, 11) is -0.713. The van der Waals surface area contributed by atoms with E-state index in [0.717, 1.165) is 54.6 Å². The Labute approximate surface area is 186 Å². The average molecular weight is 528 g/mol. The van der Waals surface area contributed by atoms with E-state index in [4.69, 9.17) is 0 Å². The second-order valence-corrected chi connectivity index (χ2v) is 9.54. The predicted octanol–water partition coefficient (Wildman–Crippen LogP) is 4.17. The smallest absolute Gasteiger partial charge is 0.191 e. The van der Waals surface area contributed by atoms with Crippen molar-refractivity contribution >= 4 is 52.5 Å². The molecule has 1 saturated carbocycles. The van der Waals surface area contributed by atoms with E-state index in [-0.39, 0.29) is 29.8 Å². The van der Waals surface area contributed by atoms with E-state index in [1.807, 2.05) is 6.92 Å². The van der Waals surface area contributed by atoms with Crippen LogP contribution in [0.15, 0.2) is 34.2 Å². The number of halogens is 2. The Morgan fingerprint density at radius 3 is 2.70 bits per heavy atom. The van der Waals surface area contributed by atoms with Gasteiger partial charge in [-0.3, -0.25) is 9.20 Å². The molecule has 1 fully saturated rings. The highest BCUT2D eigenvalue weighted by molar-refractivity contribution is 14.0. The maximum atomic E-state index is 12.9. The second kappa shape index (κ2) is 13.8. The minimum atomic E-state index is -0.713. The van der Waals surface area contributed by atoms with Crippen molar-refractivity contribution in [2.75, 3.05) is 24.6 Å². The zero-order valence-electron chi connectivity index (χ0n) is 16.1. The molecule has 1 aromatic carbocycles. The molecule has 1 aromatic rings. The molecule has 8 heteroatoms. The van der Waals surface area contributed by atoms with Crippen molar-refractivity contribution < 1.29 is 8.60 Å². The molecule has 154 valence electrons. The fraction of sp³-hybridized carbons (Fsp3) is 0.632. The Morgan fingerprint density at radius 2 is 2.04 bits per heavy atom. The van der Waals surface area contributed by atoms with Gasteiger partial charge in [-0.05, 0) is 50.5 Å². The Bertz CT molecular complexity index is 601. The van der Waals surface area contributed by atoms with Gasteiger partial charge < -0.3 is 10.6 Å². The molecule has 0 aromatic heterocycles. The van der Waals surface area contributed by atoms with E-state index in [0.29, 0.717) is 17.8 Å². The summed E-state index contributed by atoms with van der Waals surface area (Å²) in [6.45, 7) is 5.56. The van der Waals surface area contributed by atoms with E-state index in [1.165, 1.54) is 12.1 Å². The van der Waals surface area contributed by atoms with Gasteiger partial charge in [-0.1, -0.05) is 13.3 Å². The lowest BCUT2D eigenvalue weighted by molar-refractivity contribution is 0.413. The Kier molecular flexibility index (Phi) is 12.6. The van der Waals surface area contributed by atoms with Gasteiger partial charge in [0.2, 0.25) is 0 Å². The van der Waals surface area contributed by atoms with E-state index in [9.17, 15) is 8.60 Å². The van der Waals surface area contributed by atoms with Gasteiger partial charge in [0.15, 0.2) is 5.96 Å². The topological polar surface area (TPSA) is 53.5 Å². The third kappa shape index (κ3) is 9.13. The van der Waals surface area contributed by atoms with Gasteiger partial charge in [0, 0.05) is 45.0 Å². The van der Waals surface area contributed by atoms with Crippen LogP contribution in [0.3, 0.4) is 0 Å². The molecule has 0 spiro atoms. The second-order valence-electron chi connectivity index (χ2n) is 6.36. The molecule has 0 aliphatic heterocycles. The van der Waals surface area contributed by atoms with Gasteiger partial charge in [0.25, 0.3) is 0 Å². The van der Waals surface area contributed by atoms with Crippen molar-refractivity contribution in [2.24, 2.45) is 4.99 Å². The predicted molar refractivity (Wildman–Crippen MR) is 126 cm³/mol. The molecule has 4 nitrogen and oxygen atoms in total. The summed E-state index contributed by atoms with van der Waals surface area (Å²) < 4.78 is 25.0. The van der Waals surface area contributed by atoms with Crippen molar-refractivity contribution in [1.29, 1.82) is 0 Å². The first kappa shape index (κ1) is 24.7. The van der Waals surface area contributed by atoms with E-state index in [2.05, 4.69) is 22.5 Å². The lowest BCUT2D eigenvalue weighted by Gasteiger charge is -2.30. The standard InChI is InChI=1S/C19H30FN3OS2.HI/c1-3-21-19(22-12-13-25-17-10-8-15(20)9-11-17)23-16-6-5-7-18(14-16)26(24)4-2;/h8-11,16,18H,3-7,12-14H2,1-2H3,(H2,21,22,23);1H. The fourth-order valence-electron chi connectivity index (χ4n) is 3.12. The van der Waals surface area contributed by atoms with E-state index in [1.54, 1.807) is 23.9 Å². The molecule has 27 heavy (non-hydrogen) atoms. The van der Waals surface area contributed by atoms with Gasteiger partial charge in [0.1, 0.15) is 5.82 Å². The highest BCUT2D eigenvalue weighted by Gasteiger charge is 2.25. The normalized spacial score (nSPS) is 21.2. The molecule has 2 rings (SSSR count). The Morgan fingerprint density at radius 1 is 1.30 bits per heavy atom. The molecule has 0 amide bonds. The summed E-state index contributed by atoms with van der Waals surface area (Å²) in [5.41, 5.74) is 0. The molecular formula is C19H31FIN3OS2. The SMILES string of the molecule is CCNC(=NCCSc1ccc(F)cc1)NC1CCCC(S(=O)CC)C1.I. The molecule has 0 saturated heterocycles. The number of hydrogen-bond donors (Lipinski definition) is 2. The molecule has 0 radical (unpaired) electrons. The van der Waals surface area contributed by atoms with Crippen LogP contribution in [0.5, 0.6) is 0 Å². The number of nitrogens with zero attached hydrogens (tertiary/aromatic N) is 1. The summed E-state index contributed by atoms with van der Waals surface area (Å²) in [4.78, 5) is 5.71. The molecule has 3 atom stereocenters. The monoisotopic (exact) mass is 527 g/mol. The van der Waals surface area contributed by atoms with Gasteiger partial charge in [-0.25, -0.2) is 4.39 Å². The Balaban J connectivity index is 0.00000364. The summed E-state index contributed by atoms with van der Waals surface area (Å²) >= 11 is 1.67. The van der Waals surface area contributed by atoms with Crippen LogP contribution in [0.4, 0.5) is 4.39 Å². The molecule has 0 bridgehead atoms. The number of nitrogens with one attached hydrogen (secondary N) is 2. The minimum Gasteiger partial charge on any atom is -0.357 e. The number of aliphatic imine (C=N–C) groups is 1.